The van der Waals surface area contributed by atoms with Crippen LogP contribution in [-0.4, -0.2) is 28.5 Å². The fourth-order valence-corrected chi connectivity index (χ4v) is 2.58. The molecule has 1 fully saturated rings. The lowest BCUT2D eigenvalue weighted by molar-refractivity contribution is -0.00957. The largest absolute Gasteiger partial charge is 0.378 e. The maximum absolute atomic E-state index is 5.82. The second-order valence-electron chi connectivity index (χ2n) is 5.75. The summed E-state index contributed by atoms with van der Waals surface area (Å²) in [6, 6.07) is 0.586. The molecule has 4 nitrogen and oxygen atoms in total. The maximum Gasteiger partial charge on any atom is 0.0592 e. The molecular weight excluding hydrogens is 226 g/mol. The van der Waals surface area contributed by atoms with E-state index in [9.17, 15) is 0 Å². The molecule has 2 heterocycles. The summed E-state index contributed by atoms with van der Waals surface area (Å²) in [5.74, 6) is 0.715. The first-order valence-electron chi connectivity index (χ1n) is 6.96. The van der Waals surface area contributed by atoms with Gasteiger partial charge in [-0.25, -0.2) is 0 Å². The van der Waals surface area contributed by atoms with Gasteiger partial charge in [0.05, 0.1) is 12.3 Å². The number of nitrogens with one attached hydrogen (secondary N) is 1. The number of rotatable bonds is 5. The average molecular weight is 251 g/mol. The highest BCUT2D eigenvalue weighted by molar-refractivity contribution is 5.03. The third kappa shape index (κ3) is 4.10. The van der Waals surface area contributed by atoms with Crippen molar-refractivity contribution in [2.24, 2.45) is 13.0 Å². The van der Waals surface area contributed by atoms with Gasteiger partial charge in [0.25, 0.3) is 0 Å². The minimum atomic E-state index is 0.435. The van der Waals surface area contributed by atoms with Gasteiger partial charge in [0.2, 0.25) is 0 Å². The van der Waals surface area contributed by atoms with E-state index in [2.05, 4.69) is 30.5 Å². The quantitative estimate of drug-likeness (QED) is 0.871. The molecule has 1 aromatic rings. The Morgan fingerprint density at radius 1 is 1.56 bits per heavy atom. The highest BCUT2D eigenvalue weighted by Gasteiger charge is 2.22. The molecule has 4 heteroatoms. The van der Waals surface area contributed by atoms with Crippen LogP contribution in [0.3, 0.4) is 0 Å². The van der Waals surface area contributed by atoms with Gasteiger partial charge in [0.15, 0.2) is 0 Å². The molecule has 0 saturated carbocycles. The van der Waals surface area contributed by atoms with E-state index < -0.39 is 0 Å². The van der Waals surface area contributed by atoms with E-state index >= 15 is 0 Å². The normalized spacial score (nSPS) is 24.7. The molecule has 0 aromatic carbocycles. The Hall–Kier alpha value is -0.870. The van der Waals surface area contributed by atoms with Crippen LogP contribution in [0.25, 0.3) is 0 Å². The number of hydrogen-bond acceptors (Lipinski definition) is 3. The molecule has 1 aromatic heterocycles. The number of ether oxygens (including phenoxy) is 1. The van der Waals surface area contributed by atoms with Crippen molar-refractivity contribution < 1.29 is 4.74 Å². The van der Waals surface area contributed by atoms with Gasteiger partial charge in [-0.3, -0.25) is 4.68 Å². The van der Waals surface area contributed by atoms with E-state index in [0.717, 1.165) is 26.0 Å². The lowest BCUT2D eigenvalue weighted by atomic mass is 9.96. The summed E-state index contributed by atoms with van der Waals surface area (Å²) < 4.78 is 7.67. The zero-order valence-corrected chi connectivity index (χ0v) is 11.7. The van der Waals surface area contributed by atoms with E-state index in [0.29, 0.717) is 18.1 Å². The zero-order chi connectivity index (χ0) is 13.0. The molecule has 1 aliphatic rings. The van der Waals surface area contributed by atoms with Crippen LogP contribution in [0, 0.1) is 5.92 Å². The lowest BCUT2D eigenvalue weighted by Gasteiger charge is -2.31. The second-order valence-corrected chi connectivity index (χ2v) is 5.75. The number of nitrogens with zero attached hydrogens (tertiary/aromatic N) is 2. The topological polar surface area (TPSA) is 39.1 Å². The Bertz CT molecular complexity index is 362. The molecule has 0 radical (unpaired) electrons. The van der Waals surface area contributed by atoms with E-state index in [1.54, 1.807) is 0 Å². The molecule has 0 amide bonds. The smallest absolute Gasteiger partial charge is 0.0592 e. The molecule has 0 spiro atoms. The molecule has 2 rings (SSSR count). The second kappa shape index (κ2) is 6.34. The molecule has 0 bridgehead atoms. The van der Waals surface area contributed by atoms with Gasteiger partial charge in [-0.05, 0) is 25.2 Å². The fraction of sp³-hybridized carbons (Fsp3) is 0.786. The highest BCUT2D eigenvalue weighted by atomic mass is 16.5. The minimum Gasteiger partial charge on any atom is -0.378 e. The number of hydrogen-bond donors (Lipinski definition) is 1. The van der Waals surface area contributed by atoms with Crippen LogP contribution in [0.2, 0.25) is 0 Å². The van der Waals surface area contributed by atoms with Crippen molar-refractivity contribution in [3.05, 3.63) is 18.0 Å². The summed E-state index contributed by atoms with van der Waals surface area (Å²) in [4.78, 5) is 0. The number of aryl methyl sites for hydroxylation is 1. The van der Waals surface area contributed by atoms with Crippen LogP contribution in [0.4, 0.5) is 0 Å². The molecule has 0 unspecified atom stereocenters. The van der Waals surface area contributed by atoms with Crippen LogP contribution in [0.5, 0.6) is 0 Å². The molecular formula is C14H25N3O. The van der Waals surface area contributed by atoms with Crippen molar-refractivity contribution in [1.82, 2.24) is 15.1 Å². The average Bonchev–Trinajstić information content (AvgIpc) is 2.72. The highest BCUT2D eigenvalue weighted by Crippen LogP contribution is 2.20. The zero-order valence-electron chi connectivity index (χ0n) is 11.7. The van der Waals surface area contributed by atoms with Gasteiger partial charge >= 0.3 is 0 Å². The molecule has 1 N–H and O–H groups in total. The van der Waals surface area contributed by atoms with Crippen LogP contribution in [-0.2, 0) is 18.3 Å². The predicted octanol–water partition coefficient (Wildman–Crippen LogP) is 2.10. The summed E-state index contributed by atoms with van der Waals surface area (Å²) in [5.41, 5.74) is 1.25. The standard InChI is InChI=1S/C14H25N3O/c1-11(2)6-14-7-13(4-5-18-14)15-8-12-9-16-17(3)10-12/h9-11,13-15H,4-8H2,1-3H3/t13-,14-/m0/s1. The molecule has 1 aliphatic heterocycles. The van der Waals surface area contributed by atoms with Gasteiger partial charge in [-0.1, -0.05) is 13.8 Å². The van der Waals surface area contributed by atoms with E-state index in [-0.39, 0.29) is 0 Å². The fourth-order valence-electron chi connectivity index (χ4n) is 2.58. The molecule has 102 valence electrons. The van der Waals surface area contributed by atoms with Crippen LogP contribution < -0.4 is 5.32 Å². The first-order chi connectivity index (χ1) is 8.63. The Labute approximate surface area is 110 Å². The van der Waals surface area contributed by atoms with Crippen LogP contribution in [0.1, 0.15) is 38.7 Å². The van der Waals surface area contributed by atoms with Gasteiger partial charge in [0.1, 0.15) is 0 Å². The Balaban J connectivity index is 1.75. The van der Waals surface area contributed by atoms with Crippen molar-refractivity contribution in [2.75, 3.05) is 6.61 Å². The van der Waals surface area contributed by atoms with Crippen molar-refractivity contribution in [3.8, 4) is 0 Å². The van der Waals surface area contributed by atoms with Crippen molar-refractivity contribution in [3.63, 3.8) is 0 Å². The SMILES string of the molecule is CC(C)C[C@H]1C[C@@H](NCc2cnn(C)c2)CCO1. The summed E-state index contributed by atoms with van der Waals surface area (Å²) in [7, 11) is 1.95. The van der Waals surface area contributed by atoms with Crippen molar-refractivity contribution in [2.45, 2.75) is 51.8 Å². The summed E-state index contributed by atoms with van der Waals surface area (Å²) in [6.07, 6.45) is 7.86. The van der Waals surface area contributed by atoms with E-state index in [1.165, 1.54) is 12.0 Å². The minimum absolute atomic E-state index is 0.435. The molecule has 0 aliphatic carbocycles. The van der Waals surface area contributed by atoms with E-state index in [1.807, 2.05) is 17.9 Å². The number of aromatic nitrogens is 2. The van der Waals surface area contributed by atoms with Crippen LogP contribution >= 0.6 is 0 Å². The maximum atomic E-state index is 5.82. The summed E-state index contributed by atoms with van der Waals surface area (Å²) in [6.45, 7) is 6.32. The van der Waals surface area contributed by atoms with Crippen molar-refractivity contribution >= 4 is 0 Å². The van der Waals surface area contributed by atoms with Crippen molar-refractivity contribution in [1.29, 1.82) is 0 Å². The first-order valence-corrected chi connectivity index (χ1v) is 6.96. The third-order valence-electron chi connectivity index (χ3n) is 3.45. The lowest BCUT2D eigenvalue weighted by Crippen LogP contribution is -2.39. The molecule has 1 saturated heterocycles. The first kappa shape index (κ1) is 13.6. The Morgan fingerprint density at radius 2 is 2.39 bits per heavy atom. The molecule has 18 heavy (non-hydrogen) atoms. The third-order valence-corrected chi connectivity index (χ3v) is 3.45. The van der Waals surface area contributed by atoms with Crippen LogP contribution in [0.15, 0.2) is 12.4 Å². The molecule has 2 atom stereocenters. The van der Waals surface area contributed by atoms with E-state index in [4.69, 9.17) is 4.74 Å². The summed E-state index contributed by atoms with van der Waals surface area (Å²) >= 11 is 0. The van der Waals surface area contributed by atoms with Gasteiger partial charge in [0, 0.05) is 38.0 Å². The van der Waals surface area contributed by atoms with Gasteiger partial charge < -0.3 is 10.1 Å². The predicted molar refractivity (Wildman–Crippen MR) is 72.3 cm³/mol. The van der Waals surface area contributed by atoms with Gasteiger partial charge in [-0.2, -0.15) is 5.10 Å². The Morgan fingerprint density at radius 3 is 3.06 bits per heavy atom. The summed E-state index contributed by atoms with van der Waals surface area (Å²) in [5, 5.41) is 7.81. The van der Waals surface area contributed by atoms with Gasteiger partial charge in [-0.15, -0.1) is 0 Å². The Kier molecular flexibility index (Phi) is 4.78. The monoisotopic (exact) mass is 251 g/mol.